The summed E-state index contributed by atoms with van der Waals surface area (Å²) in [6.45, 7) is 2.04. The highest BCUT2D eigenvalue weighted by Crippen LogP contribution is 2.38. The molecule has 32 heavy (non-hydrogen) atoms. The summed E-state index contributed by atoms with van der Waals surface area (Å²) in [5.41, 5.74) is 0.111. The van der Waals surface area contributed by atoms with E-state index < -0.39 is 22.1 Å². The zero-order valence-electron chi connectivity index (χ0n) is 17.1. The maximum Gasteiger partial charge on any atom is 0.573 e. The van der Waals surface area contributed by atoms with Crippen LogP contribution in [0.5, 0.6) is 17.2 Å². The predicted molar refractivity (Wildman–Crippen MR) is 110 cm³/mol. The average molecular weight is 472 g/mol. The second kappa shape index (κ2) is 9.04. The minimum Gasteiger partial charge on any atom is -0.497 e. The Morgan fingerprint density at radius 3 is 2.47 bits per heavy atom. The van der Waals surface area contributed by atoms with Crippen molar-refractivity contribution in [2.75, 3.05) is 26.1 Å². The highest BCUT2D eigenvalue weighted by molar-refractivity contribution is 7.89. The highest BCUT2D eigenvalue weighted by atomic mass is 32.2. The van der Waals surface area contributed by atoms with E-state index in [9.17, 15) is 21.6 Å². The lowest BCUT2D eigenvalue weighted by Crippen LogP contribution is -2.20. The van der Waals surface area contributed by atoms with Gasteiger partial charge in [-0.3, -0.25) is 0 Å². The maximum atomic E-state index is 12.9. The molecule has 0 spiro atoms. The third-order valence-electron chi connectivity index (χ3n) is 4.22. The Morgan fingerprint density at radius 2 is 1.84 bits per heavy atom. The van der Waals surface area contributed by atoms with Gasteiger partial charge in [-0.25, -0.2) is 23.1 Å². The number of hydrogen-bond acceptors (Lipinski definition) is 8. The molecule has 0 atom stereocenters. The summed E-state index contributed by atoms with van der Waals surface area (Å²) in [5, 5.41) is 3.08. The number of methoxy groups -OCH3 is 1. The number of benzene rings is 2. The van der Waals surface area contributed by atoms with Gasteiger partial charge in [-0.1, -0.05) is 0 Å². The summed E-state index contributed by atoms with van der Waals surface area (Å²) in [6.07, 6.45) is -3.81. The van der Waals surface area contributed by atoms with Crippen molar-refractivity contribution in [3.8, 4) is 17.2 Å². The van der Waals surface area contributed by atoms with Crippen molar-refractivity contribution in [3.05, 3.63) is 36.7 Å². The number of rotatable bonds is 8. The van der Waals surface area contributed by atoms with Gasteiger partial charge in [0.05, 0.1) is 35.2 Å². The molecule has 3 rings (SSSR count). The molecule has 0 saturated carbocycles. The van der Waals surface area contributed by atoms with Crippen molar-refractivity contribution in [3.63, 3.8) is 0 Å². The summed E-state index contributed by atoms with van der Waals surface area (Å²) in [4.78, 5) is 7.99. The van der Waals surface area contributed by atoms with E-state index in [1.165, 1.54) is 20.5 Å². The SMILES string of the molecule is CCOc1cc(OC)cc2ncnc(Nc3cc(S(=O)(=O)NC)ccc3OC(F)(F)F)c12. The second-order valence-electron chi connectivity index (χ2n) is 6.21. The van der Waals surface area contributed by atoms with Crippen LogP contribution in [-0.2, 0) is 10.0 Å². The molecule has 0 amide bonds. The van der Waals surface area contributed by atoms with Crippen molar-refractivity contribution in [2.45, 2.75) is 18.2 Å². The average Bonchev–Trinajstić information content (AvgIpc) is 2.73. The lowest BCUT2D eigenvalue weighted by molar-refractivity contribution is -0.274. The molecule has 0 radical (unpaired) electrons. The normalized spacial score (nSPS) is 11.9. The van der Waals surface area contributed by atoms with Gasteiger partial charge in [0.25, 0.3) is 0 Å². The first-order valence-corrected chi connectivity index (χ1v) is 10.6. The lowest BCUT2D eigenvalue weighted by atomic mass is 10.2. The van der Waals surface area contributed by atoms with Gasteiger partial charge in [0.1, 0.15) is 23.6 Å². The molecule has 9 nitrogen and oxygen atoms in total. The Bertz CT molecular complexity index is 1240. The molecule has 3 aromatic rings. The molecule has 0 aliphatic carbocycles. The quantitative estimate of drug-likeness (QED) is 0.512. The van der Waals surface area contributed by atoms with Gasteiger partial charge in [-0.15, -0.1) is 13.2 Å². The van der Waals surface area contributed by atoms with Crippen LogP contribution in [0.4, 0.5) is 24.7 Å². The van der Waals surface area contributed by atoms with Gasteiger partial charge in [0.15, 0.2) is 5.75 Å². The van der Waals surface area contributed by atoms with Gasteiger partial charge in [0.2, 0.25) is 10.0 Å². The van der Waals surface area contributed by atoms with Crippen LogP contribution in [0.15, 0.2) is 41.6 Å². The van der Waals surface area contributed by atoms with E-state index >= 15 is 0 Å². The Labute approximate surface area is 181 Å². The topological polar surface area (TPSA) is 112 Å². The monoisotopic (exact) mass is 472 g/mol. The molecule has 2 aromatic carbocycles. The maximum absolute atomic E-state index is 12.9. The van der Waals surface area contributed by atoms with Crippen LogP contribution in [0.3, 0.4) is 0 Å². The van der Waals surface area contributed by atoms with Crippen molar-refractivity contribution in [1.29, 1.82) is 0 Å². The summed E-state index contributed by atoms with van der Waals surface area (Å²) in [5.74, 6) is 0.203. The van der Waals surface area contributed by atoms with Crippen LogP contribution in [0.1, 0.15) is 6.92 Å². The summed E-state index contributed by atoms with van der Waals surface area (Å²) < 4.78 is 80.1. The number of halogens is 3. The van der Waals surface area contributed by atoms with Crippen LogP contribution in [-0.4, -0.2) is 45.5 Å². The van der Waals surface area contributed by atoms with Gasteiger partial charge in [-0.2, -0.15) is 0 Å². The Balaban J connectivity index is 2.19. The van der Waals surface area contributed by atoms with E-state index in [2.05, 4.69) is 24.7 Å². The van der Waals surface area contributed by atoms with E-state index in [4.69, 9.17) is 9.47 Å². The van der Waals surface area contributed by atoms with Crippen LogP contribution in [0.25, 0.3) is 10.9 Å². The molecule has 2 N–H and O–H groups in total. The fraction of sp³-hybridized carbons (Fsp3) is 0.263. The fourth-order valence-electron chi connectivity index (χ4n) is 2.84. The first kappa shape index (κ1) is 23.3. The number of nitrogens with one attached hydrogen (secondary N) is 2. The second-order valence-corrected chi connectivity index (χ2v) is 8.10. The van der Waals surface area contributed by atoms with Crippen molar-refractivity contribution in [2.24, 2.45) is 0 Å². The van der Waals surface area contributed by atoms with E-state index in [0.29, 0.717) is 22.4 Å². The molecule has 1 heterocycles. The van der Waals surface area contributed by atoms with Crippen molar-refractivity contribution < 1.29 is 35.8 Å². The zero-order valence-corrected chi connectivity index (χ0v) is 18.0. The van der Waals surface area contributed by atoms with Crippen molar-refractivity contribution >= 4 is 32.4 Å². The molecule has 0 aliphatic rings. The molecular weight excluding hydrogens is 453 g/mol. The van der Waals surface area contributed by atoms with Crippen molar-refractivity contribution in [1.82, 2.24) is 14.7 Å². The Morgan fingerprint density at radius 1 is 1.09 bits per heavy atom. The van der Waals surface area contributed by atoms with E-state index in [1.54, 1.807) is 19.1 Å². The first-order valence-electron chi connectivity index (χ1n) is 9.14. The standard InChI is InChI=1S/C19H19F3N4O5S/c1-4-30-16-8-11(29-3)7-14-17(16)18(25-10-24-14)26-13-9-12(32(27,28)23-2)5-6-15(13)31-19(20,21)22/h5-10,23H,4H2,1-3H3,(H,24,25,26). The summed E-state index contributed by atoms with van der Waals surface area (Å²) in [6, 6.07) is 6.07. The largest absolute Gasteiger partial charge is 0.573 e. The van der Waals surface area contributed by atoms with Crippen LogP contribution in [0.2, 0.25) is 0 Å². The summed E-state index contributed by atoms with van der Waals surface area (Å²) in [7, 11) is -1.30. The smallest absolute Gasteiger partial charge is 0.497 e. The molecule has 172 valence electrons. The number of ether oxygens (including phenoxy) is 3. The van der Waals surface area contributed by atoms with E-state index in [1.807, 2.05) is 0 Å². The van der Waals surface area contributed by atoms with Gasteiger partial charge >= 0.3 is 6.36 Å². The molecule has 0 aliphatic heterocycles. The molecule has 0 saturated heterocycles. The highest BCUT2D eigenvalue weighted by Gasteiger charge is 2.33. The van der Waals surface area contributed by atoms with Gasteiger partial charge in [-0.05, 0) is 32.2 Å². The number of sulfonamides is 1. The van der Waals surface area contributed by atoms with Crippen LogP contribution >= 0.6 is 0 Å². The summed E-state index contributed by atoms with van der Waals surface area (Å²) >= 11 is 0. The lowest BCUT2D eigenvalue weighted by Gasteiger charge is -2.17. The first-order chi connectivity index (χ1) is 15.1. The van der Waals surface area contributed by atoms with Crippen LogP contribution in [0, 0.1) is 0 Å². The molecule has 0 fully saturated rings. The van der Waals surface area contributed by atoms with Gasteiger partial charge in [0, 0.05) is 12.1 Å². The number of hydrogen-bond donors (Lipinski definition) is 2. The third kappa shape index (κ3) is 5.11. The molecular formula is C19H19F3N4O5S. The number of anilines is 2. The van der Waals surface area contributed by atoms with Crippen LogP contribution < -0.4 is 24.2 Å². The minimum atomic E-state index is -5.00. The van der Waals surface area contributed by atoms with Gasteiger partial charge < -0.3 is 19.5 Å². The van der Waals surface area contributed by atoms with E-state index in [-0.39, 0.29) is 23.0 Å². The zero-order chi connectivity index (χ0) is 23.5. The molecule has 0 bridgehead atoms. The fourth-order valence-corrected chi connectivity index (χ4v) is 3.60. The minimum absolute atomic E-state index is 0.0760. The molecule has 0 unspecified atom stereocenters. The number of aromatic nitrogens is 2. The molecule has 13 heteroatoms. The number of nitrogens with zero attached hydrogens (tertiary/aromatic N) is 2. The molecule has 1 aromatic heterocycles. The number of fused-ring (bicyclic) bond motifs is 1. The Kier molecular flexibility index (Phi) is 6.60. The Hall–Kier alpha value is -3.32. The van der Waals surface area contributed by atoms with E-state index in [0.717, 1.165) is 18.2 Å². The third-order valence-corrected chi connectivity index (χ3v) is 5.63. The predicted octanol–water partition coefficient (Wildman–Crippen LogP) is 3.59. The number of alkyl halides is 3.